The number of hydrogen-bond donors (Lipinski definition) is 0. The molecule has 2 rings (SSSR count). The van der Waals surface area contributed by atoms with Crippen molar-refractivity contribution in [1.82, 2.24) is 0 Å². The number of rotatable bonds is 6. The molecule has 92 valence electrons. The summed E-state index contributed by atoms with van der Waals surface area (Å²) >= 11 is 0. The first-order valence-electron chi connectivity index (χ1n) is 6.41. The van der Waals surface area contributed by atoms with Crippen LogP contribution in [0.2, 0.25) is 0 Å². The topological polar surface area (TPSA) is 26.3 Å². The fourth-order valence-corrected chi connectivity index (χ4v) is 2.46. The number of hydrogen-bond acceptors (Lipinski definition) is 2. The lowest BCUT2D eigenvalue weighted by Crippen LogP contribution is -2.04. The van der Waals surface area contributed by atoms with Gasteiger partial charge in [0.1, 0.15) is 5.78 Å². The Bertz CT molecular complexity index is 396. The molecule has 0 aliphatic heterocycles. The van der Waals surface area contributed by atoms with Crippen molar-refractivity contribution < 1.29 is 9.53 Å². The van der Waals surface area contributed by atoms with Crippen LogP contribution in [0.25, 0.3) is 0 Å². The van der Waals surface area contributed by atoms with Gasteiger partial charge in [0.05, 0.1) is 0 Å². The first-order valence-corrected chi connectivity index (χ1v) is 6.41. The van der Waals surface area contributed by atoms with Crippen LogP contribution < -0.4 is 0 Å². The Hall–Kier alpha value is -1.15. The molecule has 2 heteroatoms. The lowest BCUT2D eigenvalue weighted by molar-refractivity contribution is -0.118. The van der Waals surface area contributed by atoms with Crippen molar-refractivity contribution >= 4 is 5.78 Å². The second-order valence-electron chi connectivity index (χ2n) is 4.77. The molecule has 0 aromatic heterocycles. The second-order valence-corrected chi connectivity index (χ2v) is 4.77. The monoisotopic (exact) mass is 232 g/mol. The number of ether oxygens (including phenoxy) is 1. The minimum atomic E-state index is 0.319. The fraction of sp³-hybridized carbons (Fsp3) is 0.533. The van der Waals surface area contributed by atoms with Crippen LogP contribution in [-0.2, 0) is 28.8 Å². The Balaban J connectivity index is 1.88. The van der Waals surface area contributed by atoms with Crippen LogP contribution in [0, 0.1) is 0 Å². The third-order valence-electron chi connectivity index (χ3n) is 3.37. The second kappa shape index (κ2) is 5.97. The molecule has 0 unspecified atom stereocenters. The van der Waals surface area contributed by atoms with Crippen LogP contribution in [0.5, 0.6) is 0 Å². The molecule has 0 fully saturated rings. The molecular formula is C15H20O2. The van der Waals surface area contributed by atoms with E-state index in [2.05, 4.69) is 18.2 Å². The summed E-state index contributed by atoms with van der Waals surface area (Å²) in [7, 11) is 1.67. The maximum absolute atomic E-state index is 11.7. The minimum Gasteiger partial charge on any atom is -0.385 e. The van der Waals surface area contributed by atoms with Gasteiger partial charge < -0.3 is 4.74 Å². The predicted octanol–water partition coefficient (Wildman–Crippen LogP) is 2.71. The molecule has 0 spiro atoms. The molecule has 0 bridgehead atoms. The summed E-state index contributed by atoms with van der Waals surface area (Å²) < 4.78 is 4.95. The van der Waals surface area contributed by atoms with Crippen molar-refractivity contribution in [1.29, 1.82) is 0 Å². The average Bonchev–Trinajstić information content (AvgIpc) is 2.76. The standard InChI is InChI=1S/C15H20O2/c1-17-9-3-6-15(16)11-12-7-8-13-4-2-5-14(13)10-12/h7-8,10H,2-6,9,11H2,1H3. The van der Waals surface area contributed by atoms with E-state index in [1.807, 2.05) is 0 Å². The van der Waals surface area contributed by atoms with Gasteiger partial charge in [-0.2, -0.15) is 0 Å². The van der Waals surface area contributed by atoms with Crippen molar-refractivity contribution in [3.05, 3.63) is 34.9 Å². The Morgan fingerprint density at radius 2 is 2.12 bits per heavy atom. The van der Waals surface area contributed by atoms with Crippen LogP contribution in [0.15, 0.2) is 18.2 Å². The van der Waals surface area contributed by atoms with Crippen molar-refractivity contribution in [3.63, 3.8) is 0 Å². The lowest BCUT2D eigenvalue weighted by atomic mass is 10.0. The van der Waals surface area contributed by atoms with E-state index in [0.29, 0.717) is 25.2 Å². The summed E-state index contributed by atoms with van der Waals surface area (Å²) in [6.45, 7) is 0.677. The third-order valence-corrected chi connectivity index (χ3v) is 3.37. The van der Waals surface area contributed by atoms with Crippen LogP contribution in [-0.4, -0.2) is 19.5 Å². The quantitative estimate of drug-likeness (QED) is 0.705. The van der Waals surface area contributed by atoms with E-state index in [1.165, 1.54) is 36.0 Å². The molecule has 17 heavy (non-hydrogen) atoms. The van der Waals surface area contributed by atoms with Gasteiger partial charge in [-0.1, -0.05) is 18.2 Å². The van der Waals surface area contributed by atoms with Gasteiger partial charge in [0, 0.05) is 26.6 Å². The largest absolute Gasteiger partial charge is 0.385 e. The average molecular weight is 232 g/mol. The molecule has 1 aromatic carbocycles. The maximum atomic E-state index is 11.7. The lowest BCUT2D eigenvalue weighted by Gasteiger charge is -2.04. The highest BCUT2D eigenvalue weighted by molar-refractivity contribution is 5.80. The fourth-order valence-electron chi connectivity index (χ4n) is 2.46. The number of aryl methyl sites for hydroxylation is 2. The Labute approximate surface area is 103 Å². The highest BCUT2D eigenvalue weighted by Gasteiger charge is 2.12. The molecule has 1 aliphatic carbocycles. The molecule has 0 saturated carbocycles. The zero-order chi connectivity index (χ0) is 12.1. The van der Waals surface area contributed by atoms with Crippen LogP contribution >= 0.6 is 0 Å². The summed E-state index contributed by atoms with van der Waals surface area (Å²) in [5.74, 6) is 0.319. The van der Waals surface area contributed by atoms with E-state index >= 15 is 0 Å². The highest BCUT2D eigenvalue weighted by atomic mass is 16.5. The van der Waals surface area contributed by atoms with Gasteiger partial charge >= 0.3 is 0 Å². The number of carbonyl (C=O) groups is 1. The zero-order valence-electron chi connectivity index (χ0n) is 10.5. The van der Waals surface area contributed by atoms with Gasteiger partial charge in [-0.05, 0) is 42.4 Å². The normalized spacial score (nSPS) is 13.7. The Kier molecular flexibility index (Phi) is 4.32. The summed E-state index contributed by atoms with van der Waals surface area (Å²) in [6.07, 6.45) is 5.70. The first kappa shape index (κ1) is 12.3. The molecule has 1 aromatic rings. The number of fused-ring (bicyclic) bond motifs is 1. The Morgan fingerprint density at radius 3 is 2.94 bits per heavy atom. The zero-order valence-corrected chi connectivity index (χ0v) is 10.5. The summed E-state index contributed by atoms with van der Waals surface area (Å²) in [4.78, 5) is 11.7. The predicted molar refractivity (Wildman–Crippen MR) is 68.3 cm³/mol. The molecule has 0 N–H and O–H groups in total. The summed E-state index contributed by atoms with van der Waals surface area (Å²) in [5, 5.41) is 0. The minimum absolute atomic E-state index is 0.319. The van der Waals surface area contributed by atoms with Crippen molar-refractivity contribution in [3.8, 4) is 0 Å². The number of benzene rings is 1. The first-order chi connectivity index (χ1) is 8.29. The van der Waals surface area contributed by atoms with Crippen molar-refractivity contribution in [2.45, 2.75) is 38.5 Å². The Morgan fingerprint density at radius 1 is 1.29 bits per heavy atom. The van der Waals surface area contributed by atoms with Gasteiger partial charge in [-0.25, -0.2) is 0 Å². The van der Waals surface area contributed by atoms with E-state index in [-0.39, 0.29) is 0 Å². The number of ketones is 1. The van der Waals surface area contributed by atoms with Gasteiger partial charge in [-0.15, -0.1) is 0 Å². The number of carbonyl (C=O) groups excluding carboxylic acids is 1. The van der Waals surface area contributed by atoms with Gasteiger partial charge in [0.2, 0.25) is 0 Å². The number of Topliss-reactive ketones (excluding diaryl/α,β-unsaturated/α-hetero) is 1. The molecule has 0 amide bonds. The third kappa shape index (κ3) is 3.40. The smallest absolute Gasteiger partial charge is 0.137 e. The molecule has 0 heterocycles. The van der Waals surface area contributed by atoms with Crippen molar-refractivity contribution in [2.75, 3.05) is 13.7 Å². The van der Waals surface area contributed by atoms with E-state index in [1.54, 1.807) is 7.11 Å². The molecule has 0 atom stereocenters. The molecule has 0 radical (unpaired) electrons. The van der Waals surface area contributed by atoms with E-state index < -0.39 is 0 Å². The van der Waals surface area contributed by atoms with Crippen LogP contribution in [0.3, 0.4) is 0 Å². The van der Waals surface area contributed by atoms with Gasteiger partial charge in [0.25, 0.3) is 0 Å². The summed E-state index contributed by atoms with van der Waals surface area (Å²) in [5.41, 5.74) is 4.10. The molecule has 0 saturated heterocycles. The van der Waals surface area contributed by atoms with E-state index in [4.69, 9.17) is 4.74 Å². The van der Waals surface area contributed by atoms with Gasteiger partial charge in [-0.3, -0.25) is 4.79 Å². The van der Waals surface area contributed by atoms with Gasteiger partial charge in [0.15, 0.2) is 0 Å². The SMILES string of the molecule is COCCCC(=O)Cc1ccc2c(c1)CCC2. The molecule has 1 aliphatic rings. The van der Waals surface area contributed by atoms with Crippen LogP contribution in [0.4, 0.5) is 0 Å². The molecular weight excluding hydrogens is 212 g/mol. The van der Waals surface area contributed by atoms with E-state index in [9.17, 15) is 4.79 Å². The number of methoxy groups -OCH3 is 1. The maximum Gasteiger partial charge on any atom is 0.137 e. The van der Waals surface area contributed by atoms with Crippen LogP contribution in [0.1, 0.15) is 36.0 Å². The van der Waals surface area contributed by atoms with Crippen molar-refractivity contribution in [2.24, 2.45) is 0 Å². The molecule has 2 nitrogen and oxygen atoms in total. The summed E-state index contributed by atoms with van der Waals surface area (Å²) in [6, 6.07) is 6.52. The highest BCUT2D eigenvalue weighted by Crippen LogP contribution is 2.23. The van der Waals surface area contributed by atoms with E-state index in [0.717, 1.165) is 6.42 Å².